The van der Waals surface area contributed by atoms with E-state index in [0.717, 1.165) is 0 Å². The third-order valence-corrected chi connectivity index (χ3v) is 8.36. The van der Waals surface area contributed by atoms with E-state index in [4.69, 9.17) is 9.16 Å². The van der Waals surface area contributed by atoms with Crippen LogP contribution in [0.25, 0.3) is 0 Å². The fraction of sp³-hybridized carbons (Fsp3) is 0.750. The lowest BCUT2D eigenvalue weighted by Gasteiger charge is -2.35. The summed E-state index contributed by atoms with van der Waals surface area (Å²) in [5.74, 6) is -0.271. The molecule has 0 atom stereocenters. The van der Waals surface area contributed by atoms with Crippen molar-refractivity contribution in [3.05, 3.63) is 9.66 Å². The molecule has 0 aromatic carbocycles. The Hall–Kier alpha value is 0.117. The Labute approximate surface area is 119 Å². The number of hydrogen-bond donors (Lipinski definition) is 0. The van der Waals surface area contributed by atoms with Gasteiger partial charge in [0.1, 0.15) is 0 Å². The lowest BCUT2D eigenvalue weighted by Crippen LogP contribution is -2.40. The molecular formula is C12H23IO3Si. The zero-order chi connectivity index (χ0) is 13.7. The maximum absolute atomic E-state index is 11.4. The second-order valence-electron chi connectivity index (χ2n) is 5.34. The Balaban J connectivity index is 4.32. The molecule has 0 fully saturated rings. The molecular weight excluding hydrogens is 347 g/mol. The normalized spacial score (nSPS) is 13.7. The van der Waals surface area contributed by atoms with Crippen molar-refractivity contribution in [1.29, 1.82) is 0 Å². The van der Waals surface area contributed by atoms with Gasteiger partial charge in [0.2, 0.25) is 0 Å². The number of carbonyl (C=O) groups is 1. The first-order chi connectivity index (χ1) is 7.62. The molecule has 0 N–H and O–H groups in total. The lowest BCUT2D eigenvalue weighted by molar-refractivity contribution is -0.137. The van der Waals surface area contributed by atoms with E-state index in [2.05, 4.69) is 33.9 Å². The average molecular weight is 370 g/mol. The highest BCUT2D eigenvalue weighted by molar-refractivity contribution is 14.1. The standard InChI is InChI=1S/C12H23IO3Si/c1-7-15-11(14)10(13)8-9-16-17(5,6)12(2,3)4/h8H,7,9H2,1-6H3/b10-8-. The van der Waals surface area contributed by atoms with Gasteiger partial charge in [0.15, 0.2) is 8.32 Å². The van der Waals surface area contributed by atoms with Gasteiger partial charge in [0.25, 0.3) is 0 Å². The second-order valence-corrected chi connectivity index (χ2v) is 11.3. The maximum Gasteiger partial charge on any atom is 0.344 e. The number of rotatable bonds is 5. The minimum atomic E-state index is -1.73. The van der Waals surface area contributed by atoms with Gasteiger partial charge >= 0.3 is 5.97 Å². The van der Waals surface area contributed by atoms with Crippen molar-refractivity contribution in [3.63, 3.8) is 0 Å². The molecule has 5 heteroatoms. The predicted octanol–water partition coefficient (Wildman–Crippen LogP) is 3.89. The van der Waals surface area contributed by atoms with Gasteiger partial charge < -0.3 is 9.16 Å². The van der Waals surface area contributed by atoms with Crippen LogP contribution in [0.15, 0.2) is 9.66 Å². The molecule has 0 spiro atoms. The van der Waals surface area contributed by atoms with Crippen molar-refractivity contribution < 1.29 is 14.0 Å². The van der Waals surface area contributed by atoms with E-state index >= 15 is 0 Å². The molecule has 0 saturated carbocycles. The van der Waals surface area contributed by atoms with Crippen molar-refractivity contribution in [2.45, 2.75) is 45.8 Å². The van der Waals surface area contributed by atoms with E-state index in [1.807, 2.05) is 22.6 Å². The summed E-state index contributed by atoms with van der Waals surface area (Å²) in [5.41, 5.74) is 0. The molecule has 0 heterocycles. The van der Waals surface area contributed by atoms with Gasteiger partial charge in [0, 0.05) is 0 Å². The van der Waals surface area contributed by atoms with E-state index in [9.17, 15) is 4.79 Å². The van der Waals surface area contributed by atoms with E-state index < -0.39 is 8.32 Å². The predicted molar refractivity (Wildman–Crippen MR) is 81.9 cm³/mol. The van der Waals surface area contributed by atoms with E-state index in [1.54, 1.807) is 13.0 Å². The van der Waals surface area contributed by atoms with Gasteiger partial charge in [-0.1, -0.05) is 20.8 Å². The summed E-state index contributed by atoms with van der Waals surface area (Å²) in [7, 11) is -1.73. The van der Waals surface area contributed by atoms with Crippen LogP contribution in [-0.2, 0) is 14.0 Å². The average Bonchev–Trinajstić information content (AvgIpc) is 2.15. The Morgan fingerprint density at radius 3 is 2.29 bits per heavy atom. The minimum Gasteiger partial charge on any atom is -0.462 e. The highest BCUT2D eigenvalue weighted by Gasteiger charge is 2.36. The highest BCUT2D eigenvalue weighted by atomic mass is 127. The first-order valence-corrected chi connectivity index (χ1v) is 9.77. The summed E-state index contributed by atoms with van der Waals surface area (Å²) >= 11 is 1.99. The van der Waals surface area contributed by atoms with Crippen LogP contribution in [0.2, 0.25) is 18.1 Å². The van der Waals surface area contributed by atoms with Gasteiger partial charge in [-0.2, -0.15) is 0 Å². The van der Waals surface area contributed by atoms with Crippen LogP contribution in [0, 0.1) is 0 Å². The highest BCUT2D eigenvalue weighted by Crippen LogP contribution is 2.36. The quantitative estimate of drug-likeness (QED) is 0.319. The molecule has 0 rings (SSSR count). The molecule has 0 aliphatic heterocycles. The first kappa shape index (κ1) is 17.1. The van der Waals surface area contributed by atoms with E-state index in [1.165, 1.54) is 0 Å². The van der Waals surface area contributed by atoms with Gasteiger partial charge in [0.05, 0.1) is 16.8 Å². The van der Waals surface area contributed by atoms with E-state index in [-0.39, 0.29) is 11.0 Å². The monoisotopic (exact) mass is 370 g/mol. The fourth-order valence-corrected chi connectivity index (χ4v) is 2.09. The number of carbonyl (C=O) groups excluding carboxylic acids is 1. The molecule has 0 aliphatic rings. The van der Waals surface area contributed by atoms with Gasteiger partial charge in [-0.05, 0) is 53.7 Å². The number of halogens is 1. The number of ether oxygens (including phenoxy) is 1. The largest absolute Gasteiger partial charge is 0.462 e. The summed E-state index contributed by atoms with van der Waals surface area (Å²) in [6.07, 6.45) is 1.79. The number of esters is 1. The second kappa shape index (κ2) is 6.89. The third kappa shape index (κ3) is 6.01. The third-order valence-electron chi connectivity index (χ3n) is 2.98. The van der Waals surface area contributed by atoms with Crippen molar-refractivity contribution in [2.75, 3.05) is 13.2 Å². The Morgan fingerprint density at radius 2 is 1.88 bits per heavy atom. The summed E-state index contributed by atoms with van der Waals surface area (Å²) < 4.78 is 11.4. The van der Waals surface area contributed by atoms with Crippen LogP contribution in [0.3, 0.4) is 0 Å². The van der Waals surface area contributed by atoms with Crippen LogP contribution in [0.5, 0.6) is 0 Å². The molecule has 100 valence electrons. The molecule has 0 aromatic heterocycles. The van der Waals surface area contributed by atoms with Crippen molar-refractivity contribution >= 4 is 36.9 Å². The van der Waals surface area contributed by atoms with Crippen LogP contribution in [0.1, 0.15) is 27.7 Å². The van der Waals surface area contributed by atoms with Crippen LogP contribution in [0.4, 0.5) is 0 Å². The molecule has 0 unspecified atom stereocenters. The van der Waals surface area contributed by atoms with Crippen molar-refractivity contribution in [1.82, 2.24) is 0 Å². The Morgan fingerprint density at radius 1 is 1.35 bits per heavy atom. The Bertz CT molecular complexity index is 293. The van der Waals surface area contributed by atoms with Crippen molar-refractivity contribution in [3.8, 4) is 0 Å². The zero-order valence-corrected chi connectivity index (χ0v) is 14.8. The van der Waals surface area contributed by atoms with Gasteiger partial charge in [-0.25, -0.2) is 4.79 Å². The summed E-state index contributed by atoms with van der Waals surface area (Å²) in [6.45, 7) is 13.7. The summed E-state index contributed by atoms with van der Waals surface area (Å²) in [5, 5.41) is 0.191. The maximum atomic E-state index is 11.4. The van der Waals surface area contributed by atoms with E-state index in [0.29, 0.717) is 16.8 Å². The van der Waals surface area contributed by atoms with Crippen molar-refractivity contribution in [2.24, 2.45) is 0 Å². The SMILES string of the molecule is CCOC(=O)/C(I)=C/CO[Si](C)(C)C(C)(C)C. The van der Waals surface area contributed by atoms with Crippen LogP contribution < -0.4 is 0 Å². The Kier molecular flexibility index (Phi) is 6.94. The molecule has 3 nitrogen and oxygen atoms in total. The molecule has 17 heavy (non-hydrogen) atoms. The molecule has 0 radical (unpaired) electrons. The number of hydrogen-bond acceptors (Lipinski definition) is 3. The summed E-state index contributed by atoms with van der Waals surface area (Å²) in [6, 6.07) is 0. The lowest BCUT2D eigenvalue weighted by atomic mass is 10.2. The van der Waals surface area contributed by atoms with Crippen LogP contribution in [-0.4, -0.2) is 27.5 Å². The molecule has 0 amide bonds. The molecule has 0 aromatic rings. The van der Waals surface area contributed by atoms with Gasteiger partial charge in [-0.15, -0.1) is 0 Å². The molecule has 0 saturated heterocycles. The van der Waals surface area contributed by atoms with Gasteiger partial charge in [-0.3, -0.25) is 0 Å². The topological polar surface area (TPSA) is 35.5 Å². The summed E-state index contributed by atoms with van der Waals surface area (Å²) in [4.78, 5) is 11.4. The fourth-order valence-electron chi connectivity index (χ4n) is 0.823. The first-order valence-electron chi connectivity index (χ1n) is 5.78. The molecule has 0 bridgehead atoms. The van der Waals surface area contributed by atoms with Crippen LogP contribution >= 0.6 is 22.6 Å². The smallest absolute Gasteiger partial charge is 0.344 e. The zero-order valence-electron chi connectivity index (χ0n) is 11.6. The minimum absolute atomic E-state index is 0.191. The molecule has 0 aliphatic carbocycles.